The Hall–Kier alpha value is -1.36. The molecule has 0 amide bonds. The van der Waals surface area contributed by atoms with E-state index in [2.05, 4.69) is 47.3 Å². The minimum absolute atomic E-state index is 0.770. The number of thiophene rings is 1. The standard InChI is InChI=1S/C16H18ClN3S/c1-2-9-18-10-14-13-5-3-4-6-15(13)20(19-14)11-12-7-8-16(17)21-12/h3-8,18H,2,9-11H2,1H3. The van der Waals surface area contributed by atoms with Crippen molar-refractivity contribution in [1.29, 1.82) is 0 Å². The summed E-state index contributed by atoms with van der Waals surface area (Å²) in [6.07, 6.45) is 1.13. The Morgan fingerprint density at radius 3 is 2.86 bits per heavy atom. The number of para-hydroxylation sites is 1. The molecule has 0 aliphatic rings. The second-order valence-corrected chi connectivity index (χ2v) is 6.80. The second kappa shape index (κ2) is 6.60. The second-order valence-electron chi connectivity index (χ2n) is 5.00. The molecule has 0 unspecified atom stereocenters. The molecule has 3 nitrogen and oxygen atoms in total. The van der Waals surface area contributed by atoms with Crippen molar-refractivity contribution in [2.24, 2.45) is 0 Å². The summed E-state index contributed by atoms with van der Waals surface area (Å²) in [6.45, 7) is 4.77. The summed E-state index contributed by atoms with van der Waals surface area (Å²) >= 11 is 7.62. The molecule has 0 saturated carbocycles. The average Bonchev–Trinajstić information content (AvgIpc) is 3.05. The van der Waals surface area contributed by atoms with Crippen LogP contribution < -0.4 is 5.32 Å². The number of benzene rings is 1. The third-order valence-corrected chi connectivity index (χ3v) is 4.60. The lowest BCUT2D eigenvalue weighted by atomic mass is 10.2. The van der Waals surface area contributed by atoms with E-state index in [1.165, 1.54) is 15.8 Å². The van der Waals surface area contributed by atoms with Crippen LogP contribution in [0.2, 0.25) is 4.34 Å². The molecule has 3 aromatic rings. The van der Waals surface area contributed by atoms with Crippen LogP contribution in [-0.2, 0) is 13.1 Å². The topological polar surface area (TPSA) is 29.9 Å². The number of nitrogens with zero attached hydrogens (tertiary/aromatic N) is 2. The van der Waals surface area contributed by atoms with Gasteiger partial charge in [0.2, 0.25) is 0 Å². The molecule has 21 heavy (non-hydrogen) atoms. The molecule has 0 aliphatic heterocycles. The molecule has 0 atom stereocenters. The minimum atomic E-state index is 0.770. The van der Waals surface area contributed by atoms with Gasteiger partial charge in [0, 0.05) is 16.8 Å². The first-order valence-corrected chi connectivity index (χ1v) is 8.36. The Bertz CT molecular complexity index is 732. The van der Waals surface area contributed by atoms with Gasteiger partial charge in [0.05, 0.1) is 22.1 Å². The fraction of sp³-hybridized carbons (Fsp3) is 0.312. The maximum atomic E-state index is 6.01. The molecule has 0 radical (unpaired) electrons. The lowest BCUT2D eigenvalue weighted by Gasteiger charge is -2.01. The number of hydrogen-bond donors (Lipinski definition) is 1. The first-order valence-electron chi connectivity index (χ1n) is 7.17. The predicted molar refractivity (Wildman–Crippen MR) is 90.2 cm³/mol. The Kier molecular flexibility index (Phi) is 4.58. The first-order chi connectivity index (χ1) is 10.3. The Morgan fingerprint density at radius 2 is 2.10 bits per heavy atom. The molecule has 1 aromatic carbocycles. The Labute approximate surface area is 133 Å². The quantitative estimate of drug-likeness (QED) is 0.686. The third-order valence-electron chi connectivity index (χ3n) is 3.39. The molecule has 0 aliphatic carbocycles. The highest BCUT2D eigenvalue weighted by molar-refractivity contribution is 7.16. The number of hydrogen-bond acceptors (Lipinski definition) is 3. The highest BCUT2D eigenvalue weighted by Crippen LogP contribution is 2.24. The third kappa shape index (κ3) is 3.28. The van der Waals surface area contributed by atoms with Crippen LogP contribution in [0, 0.1) is 0 Å². The molecule has 2 aromatic heterocycles. The summed E-state index contributed by atoms with van der Waals surface area (Å²) < 4.78 is 2.90. The van der Waals surface area contributed by atoms with Crippen molar-refractivity contribution in [3.05, 3.63) is 51.3 Å². The molecule has 0 bridgehead atoms. The van der Waals surface area contributed by atoms with E-state index >= 15 is 0 Å². The number of rotatable bonds is 6. The van der Waals surface area contributed by atoms with Gasteiger partial charge in [0.25, 0.3) is 0 Å². The van der Waals surface area contributed by atoms with E-state index in [-0.39, 0.29) is 0 Å². The fourth-order valence-corrected chi connectivity index (χ4v) is 3.48. The summed E-state index contributed by atoms with van der Waals surface area (Å²) in [5.74, 6) is 0. The van der Waals surface area contributed by atoms with Crippen molar-refractivity contribution >= 4 is 33.8 Å². The summed E-state index contributed by atoms with van der Waals surface area (Å²) in [7, 11) is 0. The van der Waals surface area contributed by atoms with Crippen LogP contribution in [0.5, 0.6) is 0 Å². The van der Waals surface area contributed by atoms with Gasteiger partial charge in [-0.1, -0.05) is 36.7 Å². The zero-order valence-electron chi connectivity index (χ0n) is 12.0. The van der Waals surface area contributed by atoms with Crippen molar-refractivity contribution < 1.29 is 0 Å². The van der Waals surface area contributed by atoms with E-state index in [1.54, 1.807) is 11.3 Å². The number of halogens is 1. The summed E-state index contributed by atoms with van der Waals surface area (Å²) in [5, 5.41) is 9.44. The van der Waals surface area contributed by atoms with E-state index in [4.69, 9.17) is 16.7 Å². The van der Waals surface area contributed by atoms with Crippen molar-refractivity contribution in [2.75, 3.05) is 6.54 Å². The van der Waals surface area contributed by atoms with Gasteiger partial charge in [-0.2, -0.15) is 5.10 Å². The summed E-state index contributed by atoms with van der Waals surface area (Å²) in [4.78, 5) is 1.22. The van der Waals surface area contributed by atoms with Gasteiger partial charge in [-0.3, -0.25) is 4.68 Å². The molecule has 1 N–H and O–H groups in total. The lowest BCUT2D eigenvalue weighted by Crippen LogP contribution is -2.14. The molecular formula is C16H18ClN3S. The molecular weight excluding hydrogens is 302 g/mol. The van der Waals surface area contributed by atoms with E-state index < -0.39 is 0 Å². The molecule has 0 fully saturated rings. The smallest absolute Gasteiger partial charge is 0.0931 e. The van der Waals surface area contributed by atoms with Gasteiger partial charge in [0.1, 0.15) is 0 Å². The molecule has 110 valence electrons. The molecule has 2 heterocycles. The summed E-state index contributed by atoms with van der Waals surface area (Å²) in [6, 6.07) is 12.4. The van der Waals surface area contributed by atoms with Gasteiger partial charge in [-0.05, 0) is 31.2 Å². The van der Waals surface area contributed by atoms with Crippen LogP contribution >= 0.6 is 22.9 Å². The molecule has 3 rings (SSSR count). The first kappa shape index (κ1) is 14.6. The van der Waals surface area contributed by atoms with E-state index in [0.29, 0.717) is 0 Å². The van der Waals surface area contributed by atoms with Gasteiger partial charge in [-0.15, -0.1) is 11.3 Å². The van der Waals surface area contributed by atoms with Crippen molar-refractivity contribution in [3.63, 3.8) is 0 Å². The maximum Gasteiger partial charge on any atom is 0.0931 e. The van der Waals surface area contributed by atoms with Crippen LogP contribution in [0.4, 0.5) is 0 Å². The largest absolute Gasteiger partial charge is 0.311 e. The highest BCUT2D eigenvalue weighted by atomic mass is 35.5. The van der Waals surface area contributed by atoms with Gasteiger partial charge >= 0.3 is 0 Å². The fourth-order valence-electron chi connectivity index (χ4n) is 2.42. The monoisotopic (exact) mass is 319 g/mol. The molecule has 0 saturated heterocycles. The highest BCUT2D eigenvalue weighted by Gasteiger charge is 2.10. The number of aromatic nitrogens is 2. The minimum Gasteiger partial charge on any atom is -0.311 e. The van der Waals surface area contributed by atoms with Crippen LogP contribution in [0.15, 0.2) is 36.4 Å². The predicted octanol–water partition coefficient (Wildman–Crippen LogP) is 4.30. The van der Waals surface area contributed by atoms with Crippen molar-refractivity contribution in [2.45, 2.75) is 26.4 Å². The Morgan fingerprint density at radius 1 is 1.24 bits per heavy atom. The lowest BCUT2D eigenvalue weighted by molar-refractivity contribution is 0.638. The van der Waals surface area contributed by atoms with E-state index in [9.17, 15) is 0 Å². The van der Waals surface area contributed by atoms with Crippen LogP contribution in [0.1, 0.15) is 23.9 Å². The summed E-state index contributed by atoms with van der Waals surface area (Å²) in [5.41, 5.74) is 2.29. The van der Waals surface area contributed by atoms with Crippen molar-refractivity contribution in [1.82, 2.24) is 15.1 Å². The number of nitrogens with one attached hydrogen (secondary N) is 1. The average molecular weight is 320 g/mol. The SMILES string of the molecule is CCCNCc1nn(Cc2ccc(Cl)s2)c2ccccc12. The van der Waals surface area contributed by atoms with Gasteiger partial charge < -0.3 is 5.32 Å². The van der Waals surface area contributed by atoms with E-state index in [0.717, 1.165) is 36.1 Å². The molecule has 0 spiro atoms. The van der Waals surface area contributed by atoms with Crippen LogP contribution in [0.3, 0.4) is 0 Å². The Balaban J connectivity index is 1.90. The molecule has 5 heteroatoms. The van der Waals surface area contributed by atoms with Crippen LogP contribution in [0.25, 0.3) is 10.9 Å². The van der Waals surface area contributed by atoms with Crippen molar-refractivity contribution in [3.8, 4) is 0 Å². The van der Waals surface area contributed by atoms with Gasteiger partial charge in [-0.25, -0.2) is 0 Å². The zero-order valence-corrected chi connectivity index (χ0v) is 13.5. The van der Waals surface area contributed by atoms with Gasteiger partial charge in [0.15, 0.2) is 0 Å². The normalized spacial score (nSPS) is 11.3. The van der Waals surface area contributed by atoms with Crippen LogP contribution in [-0.4, -0.2) is 16.3 Å². The zero-order chi connectivity index (χ0) is 14.7. The number of fused-ring (bicyclic) bond motifs is 1. The van der Waals surface area contributed by atoms with E-state index in [1.807, 2.05) is 6.07 Å². The maximum absolute atomic E-state index is 6.01.